The van der Waals surface area contributed by atoms with Crippen molar-refractivity contribution in [1.82, 2.24) is 4.90 Å². The first-order chi connectivity index (χ1) is 9.56. The van der Waals surface area contributed by atoms with Gasteiger partial charge in [0, 0.05) is 29.5 Å². The van der Waals surface area contributed by atoms with E-state index in [0.29, 0.717) is 18.7 Å². The molecular formula is C15H18BrNO3. The van der Waals surface area contributed by atoms with Crippen LogP contribution in [0.2, 0.25) is 0 Å². The molecular weight excluding hydrogens is 322 g/mol. The van der Waals surface area contributed by atoms with E-state index in [-0.39, 0.29) is 18.2 Å². The first-order valence-electron chi connectivity index (χ1n) is 6.83. The summed E-state index contributed by atoms with van der Waals surface area (Å²) in [5.41, 5.74) is 0.685. The van der Waals surface area contributed by atoms with Gasteiger partial charge in [0.15, 0.2) is 0 Å². The second kappa shape index (κ2) is 6.88. The fraction of sp³-hybridized carbons (Fsp3) is 0.467. The molecule has 0 saturated carbocycles. The molecule has 1 aliphatic heterocycles. The third-order valence-electron chi connectivity index (χ3n) is 3.69. The standard InChI is InChI=1S/C15H18BrNO3/c16-13-5-3-12(4-6-13)15(20)17-8-1-2-11(7-9-17)10-14(18)19/h3-6,11H,1-2,7-10H2,(H,18,19). The number of rotatable bonds is 3. The van der Waals surface area contributed by atoms with E-state index in [9.17, 15) is 9.59 Å². The molecule has 20 heavy (non-hydrogen) atoms. The van der Waals surface area contributed by atoms with Crippen LogP contribution in [-0.2, 0) is 4.79 Å². The molecule has 1 atom stereocenters. The third-order valence-corrected chi connectivity index (χ3v) is 4.22. The Balaban J connectivity index is 1.97. The highest BCUT2D eigenvalue weighted by molar-refractivity contribution is 9.10. The van der Waals surface area contributed by atoms with Crippen molar-refractivity contribution in [3.8, 4) is 0 Å². The molecule has 1 saturated heterocycles. The molecule has 0 bridgehead atoms. The Kier molecular flexibility index (Phi) is 5.17. The maximum Gasteiger partial charge on any atom is 0.303 e. The second-order valence-electron chi connectivity index (χ2n) is 5.19. The summed E-state index contributed by atoms with van der Waals surface area (Å²) >= 11 is 3.35. The fourth-order valence-corrected chi connectivity index (χ4v) is 2.86. The zero-order valence-electron chi connectivity index (χ0n) is 11.2. The predicted molar refractivity (Wildman–Crippen MR) is 79.6 cm³/mol. The summed E-state index contributed by atoms with van der Waals surface area (Å²) < 4.78 is 0.950. The van der Waals surface area contributed by atoms with E-state index in [4.69, 9.17) is 5.11 Å². The molecule has 108 valence electrons. The van der Waals surface area contributed by atoms with Crippen LogP contribution in [0.15, 0.2) is 28.7 Å². The first-order valence-corrected chi connectivity index (χ1v) is 7.62. The molecule has 1 heterocycles. The van der Waals surface area contributed by atoms with Crippen molar-refractivity contribution in [2.24, 2.45) is 5.92 Å². The molecule has 1 fully saturated rings. The first kappa shape index (κ1) is 15.0. The molecule has 1 amide bonds. The van der Waals surface area contributed by atoms with Crippen molar-refractivity contribution in [2.45, 2.75) is 25.7 Å². The second-order valence-corrected chi connectivity index (χ2v) is 6.11. The number of carbonyl (C=O) groups excluding carboxylic acids is 1. The van der Waals surface area contributed by atoms with Gasteiger partial charge < -0.3 is 10.0 Å². The molecule has 1 aliphatic rings. The van der Waals surface area contributed by atoms with E-state index < -0.39 is 5.97 Å². The summed E-state index contributed by atoms with van der Waals surface area (Å²) in [5.74, 6) is -0.522. The van der Waals surface area contributed by atoms with Gasteiger partial charge in [0.2, 0.25) is 0 Å². The lowest BCUT2D eigenvalue weighted by molar-refractivity contribution is -0.138. The van der Waals surface area contributed by atoms with Crippen LogP contribution in [0.5, 0.6) is 0 Å². The average molecular weight is 340 g/mol. The van der Waals surface area contributed by atoms with Gasteiger partial charge in [-0.15, -0.1) is 0 Å². The summed E-state index contributed by atoms with van der Waals surface area (Å²) in [7, 11) is 0. The number of amides is 1. The van der Waals surface area contributed by atoms with Crippen LogP contribution < -0.4 is 0 Å². The van der Waals surface area contributed by atoms with Crippen LogP contribution in [0, 0.1) is 5.92 Å². The highest BCUT2D eigenvalue weighted by Gasteiger charge is 2.22. The van der Waals surface area contributed by atoms with Gasteiger partial charge in [0.25, 0.3) is 5.91 Å². The Hall–Kier alpha value is -1.36. The van der Waals surface area contributed by atoms with Gasteiger partial charge >= 0.3 is 5.97 Å². The monoisotopic (exact) mass is 339 g/mol. The van der Waals surface area contributed by atoms with Crippen molar-refractivity contribution >= 4 is 27.8 Å². The van der Waals surface area contributed by atoms with E-state index in [0.717, 1.165) is 23.7 Å². The average Bonchev–Trinajstić information content (AvgIpc) is 2.64. The van der Waals surface area contributed by atoms with Gasteiger partial charge in [-0.2, -0.15) is 0 Å². The molecule has 1 N–H and O–H groups in total. The Morgan fingerprint density at radius 1 is 1.20 bits per heavy atom. The molecule has 1 aromatic carbocycles. The largest absolute Gasteiger partial charge is 0.481 e. The number of likely N-dealkylation sites (tertiary alicyclic amines) is 1. The normalized spacial score (nSPS) is 19.4. The van der Waals surface area contributed by atoms with Gasteiger partial charge in [-0.05, 0) is 49.4 Å². The highest BCUT2D eigenvalue weighted by atomic mass is 79.9. The molecule has 0 spiro atoms. The number of carbonyl (C=O) groups is 2. The minimum absolute atomic E-state index is 0.0356. The number of aliphatic carboxylic acids is 1. The van der Waals surface area contributed by atoms with E-state index >= 15 is 0 Å². The van der Waals surface area contributed by atoms with Gasteiger partial charge in [-0.3, -0.25) is 9.59 Å². The molecule has 2 rings (SSSR count). The summed E-state index contributed by atoms with van der Waals surface area (Å²) in [6.45, 7) is 1.36. The van der Waals surface area contributed by atoms with Crippen LogP contribution in [0.3, 0.4) is 0 Å². The Bertz CT molecular complexity index is 486. The maximum atomic E-state index is 12.4. The number of carboxylic acid groups (broad SMARTS) is 1. The summed E-state index contributed by atoms with van der Waals surface area (Å²) in [6.07, 6.45) is 2.74. The molecule has 1 aromatic rings. The molecule has 0 aliphatic carbocycles. The van der Waals surface area contributed by atoms with E-state index in [1.165, 1.54) is 0 Å². The van der Waals surface area contributed by atoms with E-state index in [2.05, 4.69) is 15.9 Å². The van der Waals surface area contributed by atoms with Gasteiger partial charge in [0.1, 0.15) is 0 Å². The fourth-order valence-electron chi connectivity index (χ4n) is 2.59. The molecule has 1 unspecified atom stereocenters. The Labute approximate surface area is 126 Å². The number of carboxylic acids is 1. The topological polar surface area (TPSA) is 57.6 Å². The minimum Gasteiger partial charge on any atom is -0.481 e. The van der Waals surface area contributed by atoms with Gasteiger partial charge in [-0.25, -0.2) is 0 Å². The third kappa shape index (κ3) is 4.07. The Morgan fingerprint density at radius 3 is 2.55 bits per heavy atom. The number of halogens is 1. The highest BCUT2D eigenvalue weighted by Crippen LogP contribution is 2.22. The van der Waals surface area contributed by atoms with Crippen LogP contribution in [0.1, 0.15) is 36.0 Å². The molecule has 4 nitrogen and oxygen atoms in total. The predicted octanol–water partition coefficient (Wildman–Crippen LogP) is 3.17. The number of benzene rings is 1. The van der Waals surface area contributed by atoms with E-state index in [1.54, 1.807) is 0 Å². The van der Waals surface area contributed by atoms with Crippen molar-refractivity contribution in [1.29, 1.82) is 0 Å². The lowest BCUT2D eigenvalue weighted by Gasteiger charge is -2.20. The quantitative estimate of drug-likeness (QED) is 0.920. The number of hydrogen-bond donors (Lipinski definition) is 1. The van der Waals surface area contributed by atoms with Gasteiger partial charge in [-0.1, -0.05) is 15.9 Å². The summed E-state index contributed by atoms with van der Waals surface area (Å²) in [6, 6.07) is 7.34. The number of nitrogens with zero attached hydrogens (tertiary/aromatic N) is 1. The summed E-state index contributed by atoms with van der Waals surface area (Å²) in [5, 5.41) is 8.85. The van der Waals surface area contributed by atoms with Crippen molar-refractivity contribution < 1.29 is 14.7 Å². The Morgan fingerprint density at radius 2 is 1.90 bits per heavy atom. The minimum atomic E-state index is -0.748. The van der Waals surface area contributed by atoms with Crippen molar-refractivity contribution in [3.05, 3.63) is 34.3 Å². The number of hydrogen-bond acceptors (Lipinski definition) is 2. The van der Waals surface area contributed by atoms with Gasteiger partial charge in [0.05, 0.1) is 0 Å². The molecule has 0 aromatic heterocycles. The van der Waals surface area contributed by atoms with Crippen LogP contribution >= 0.6 is 15.9 Å². The zero-order valence-corrected chi connectivity index (χ0v) is 12.8. The lowest BCUT2D eigenvalue weighted by Crippen LogP contribution is -2.32. The SMILES string of the molecule is O=C(O)CC1CCCN(C(=O)c2ccc(Br)cc2)CC1. The zero-order chi connectivity index (χ0) is 14.5. The molecule has 0 radical (unpaired) electrons. The van der Waals surface area contributed by atoms with E-state index in [1.807, 2.05) is 29.2 Å². The van der Waals surface area contributed by atoms with Crippen LogP contribution in [0.4, 0.5) is 0 Å². The maximum absolute atomic E-state index is 12.4. The van der Waals surface area contributed by atoms with Crippen molar-refractivity contribution in [2.75, 3.05) is 13.1 Å². The lowest BCUT2D eigenvalue weighted by atomic mass is 9.97. The molecule has 5 heteroatoms. The van der Waals surface area contributed by atoms with Crippen LogP contribution in [-0.4, -0.2) is 35.0 Å². The van der Waals surface area contributed by atoms with Crippen molar-refractivity contribution in [3.63, 3.8) is 0 Å². The smallest absolute Gasteiger partial charge is 0.303 e. The summed E-state index contributed by atoms with van der Waals surface area (Å²) in [4.78, 5) is 25.0. The van der Waals surface area contributed by atoms with Crippen LogP contribution in [0.25, 0.3) is 0 Å².